The fourth-order valence-corrected chi connectivity index (χ4v) is 0.667. The SMILES string of the molecule is CC(CCN)OCCCO. The topological polar surface area (TPSA) is 55.5 Å². The summed E-state index contributed by atoms with van der Waals surface area (Å²) < 4.78 is 5.28. The first kappa shape index (κ1) is 9.88. The van der Waals surface area contributed by atoms with E-state index < -0.39 is 0 Å². The van der Waals surface area contributed by atoms with Crippen molar-refractivity contribution in [3.05, 3.63) is 0 Å². The number of ether oxygens (including phenoxy) is 1. The minimum atomic E-state index is 0.204. The molecule has 62 valence electrons. The molecule has 10 heavy (non-hydrogen) atoms. The highest BCUT2D eigenvalue weighted by atomic mass is 16.5. The molecule has 0 rings (SSSR count). The van der Waals surface area contributed by atoms with E-state index in [9.17, 15) is 0 Å². The molecular formula is C7H17NO2. The van der Waals surface area contributed by atoms with Gasteiger partial charge in [-0.3, -0.25) is 0 Å². The molecule has 3 nitrogen and oxygen atoms in total. The lowest BCUT2D eigenvalue weighted by atomic mass is 10.3. The standard InChI is InChI=1S/C7H17NO2/c1-7(3-4-8)10-6-2-5-9/h7,9H,2-6,8H2,1H3. The van der Waals surface area contributed by atoms with Crippen LogP contribution in [-0.2, 0) is 4.74 Å². The van der Waals surface area contributed by atoms with Gasteiger partial charge in [-0.15, -0.1) is 0 Å². The summed E-state index contributed by atoms with van der Waals surface area (Å²) >= 11 is 0. The first-order valence-corrected chi connectivity index (χ1v) is 3.73. The second-order valence-electron chi connectivity index (χ2n) is 2.34. The number of aliphatic hydroxyl groups excluding tert-OH is 1. The second-order valence-corrected chi connectivity index (χ2v) is 2.34. The van der Waals surface area contributed by atoms with Crippen LogP contribution in [0.1, 0.15) is 19.8 Å². The molecule has 1 unspecified atom stereocenters. The van der Waals surface area contributed by atoms with Crippen LogP contribution in [0.5, 0.6) is 0 Å². The van der Waals surface area contributed by atoms with Gasteiger partial charge in [0.25, 0.3) is 0 Å². The van der Waals surface area contributed by atoms with Gasteiger partial charge < -0.3 is 15.6 Å². The van der Waals surface area contributed by atoms with E-state index >= 15 is 0 Å². The maximum atomic E-state index is 8.40. The van der Waals surface area contributed by atoms with Crippen LogP contribution in [0.25, 0.3) is 0 Å². The Morgan fingerprint density at radius 3 is 2.80 bits per heavy atom. The maximum absolute atomic E-state index is 8.40. The summed E-state index contributed by atoms with van der Waals surface area (Å²) in [5, 5.41) is 8.40. The van der Waals surface area contributed by atoms with Gasteiger partial charge in [-0.2, -0.15) is 0 Å². The van der Waals surface area contributed by atoms with Crippen LogP contribution in [-0.4, -0.2) is 31.0 Å². The molecule has 0 fully saturated rings. The van der Waals surface area contributed by atoms with Crippen LogP contribution < -0.4 is 5.73 Å². The largest absolute Gasteiger partial charge is 0.396 e. The highest BCUT2D eigenvalue weighted by molar-refractivity contribution is 4.49. The van der Waals surface area contributed by atoms with Crippen LogP contribution in [0.15, 0.2) is 0 Å². The normalized spacial score (nSPS) is 13.5. The first-order chi connectivity index (χ1) is 4.81. The molecule has 0 aromatic rings. The van der Waals surface area contributed by atoms with Crippen LogP contribution in [0.3, 0.4) is 0 Å². The molecule has 0 radical (unpaired) electrons. The summed E-state index contributed by atoms with van der Waals surface area (Å²) in [6.07, 6.45) is 1.84. The van der Waals surface area contributed by atoms with Gasteiger partial charge in [0.1, 0.15) is 0 Å². The monoisotopic (exact) mass is 147 g/mol. The molecule has 3 heteroatoms. The highest BCUT2D eigenvalue weighted by Gasteiger charge is 1.98. The molecule has 0 aliphatic rings. The lowest BCUT2D eigenvalue weighted by molar-refractivity contribution is 0.0522. The second kappa shape index (κ2) is 6.99. The highest BCUT2D eigenvalue weighted by Crippen LogP contribution is 1.95. The lowest BCUT2D eigenvalue weighted by Crippen LogP contribution is -2.15. The van der Waals surface area contributed by atoms with E-state index in [1.807, 2.05) is 6.92 Å². The fourth-order valence-electron chi connectivity index (χ4n) is 0.667. The Morgan fingerprint density at radius 2 is 2.30 bits per heavy atom. The average molecular weight is 147 g/mol. The average Bonchev–Trinajstić information content (AvgIpc) is 1.89. The van der Waals surface area contributed by atoms with E-state index in [0.29, 0.717) is 13.2 Å². The van der Waals surface area contributed by atoms with Crippen molar-refractivity contribution in [2.24, 2.45) is 5.73 Å². The van der Waals surface area contributed by atoms with E-state index in [-0.39, 0.29) is 12.7 Å². The molecule has 0 bridgehead atoms. The Morgan fingerprint density at radius 1 is 1.60 bits per heavy atom. The molecule has 0 spiro atoms. The number of hydrogen-bond donors (Lipinski definition) is 2. The van der Waals surface area contributed by atoms with Gasteiger partial charge in [0, 0.05) is 13.2 Å². The van der Waals surface area contributed by atoms with E-state index in [1.165, 1.54) is 0 Å². The van der Waals surface area contributed by atoms with Gasteiger partial charge >= 0.3 is 0 Å². The van der Waals surface area contributed by atoms with E-state index in [0.717, 1.165) is 12.8 Å². The Hall–Kier alpha value is -0.120. The van der Waals surface area contributed by atoms with Crippen LogP contribution >= 0.6 is 0 Å². The Balaban J connectivity index is 2.97. The molecule has 0 saturated heterocycles. The van der Waals surface area contributed by atoms with E-state index in [1.54, 1.807) is 0 Å². The predicted molar refractivity (Wildman–Crippen MR) is 40.8 cm³/mol. The molecule has 0 aromatic carbocycles. The van der Waals surface area contributed by atoms with Gasteiger partial charge in [0.2, 0.25) is 0 Å². The van der Waals surface area contributed by atoms with Crippen molar-refractivity contribution in [1.29, 1.82) is 0 Å². The van der Waals surface area contributed by atoms with Crippen molar-refractivity contribution in [3.63, 3.8) is 0 Å². The summed E-state index contributed by atoms with van der Waals surface area (Å²) in [6.45, 7) is 3.50. The van der Waals surface area contributed by atoms with Crippen LogP contribution in [0, 0.1) is 0 Å². The summed E-state index contributed by atoms with van der Waals surface area (Å²) in [7, 11) is 0. The van der Waals surface area contributed by atoms with E-state index in [4.69, 9.17) is 15.6 Å². The quantitative estimate of drug-likeness (QED) is 0.525. The van der Waals surface area contributed by atoms with Gasteiger partial charge in [-0.1, -0.05) is 0 Å². The third-order valence-electron chi connectivity index (χ3n) is 1.28. The van der Waals surface area contributed by atoms with Crippen molar-refractivity contribution in [2.75, 3.05) is 19.8 Å². The molecule has 3 N–H and O–H groups in total. The predicted octanol–water partition coefficient (Wildman–Crippen LogP) is 0.123. The third kappa shape index (κ3) is 6.01. The van der Waals surface area contributed by atoms with E-state index in [2.05, 4.69) is 0 Å². The summed E-state index contributed by atoms with van der Waals surface area (Å²) in [4.78, 5) is 0. The molecular weight excluding hydrogens is 130 g/mol. The van der Waals surface area contributed by atoms with Crippen molar-refractivity contribution >= 4 is 0 Å². The molecule has 0 amide bonds. The maximum Gasteiger partial charge on any atom is 0.0559 e. The van der Waals surface area contributed by atoms with Gasteiger partial charge in [-0.05, 0) is 26.3 Å². The summed E-state index contributed by atoms with van der Waals surface area (Å²) in [6, 6.07) is 0. The van der Waals surface area contributed by atoms with Crippen LogP contribution in [0.2, 0.25) is 0 Å². The summed E-state index contributed by atoms with van der Waals surface area (Å²) in [5.41, 5.74) is 5.30. The van der Waals surface area contributed by atoms with Gasteiger partial charge in [0.15, 0.2) is 0 Å². The smallest absolute Gasteiger partial charge is 0.0559 e. The molecule has 0 saturated carbocycles. The molecule has 0 heterocycles. The summed E-state index contributed by atoms with van der Waals surface area (Å²) in [5.74, 6) is 0. The van der Waals surface area contributed by atoms with Crippen molar-refractivity contribution < 1.29 is 9.84 Å². The third-order valence-corrected chi connectivity index (χ3v) is 1.28. The Labute approximate surface area is 62.2 Å². The molecule has 0 aromatic heterocycles. The number of hydrogen-bond acceptors (Lipinski definition) is 3. The number of nitrogens with two attached hydrogens (primary N) is 1. The zero-order valence-corrected chi connectivity index (χ0v) is 6.55. The fraction of sp³-hybridized carbons (Fsp3) is 1.00. The molecule has 0 aliphatic heterocycles. The number of rotatable bonds is 6. The van der Waals surface area contributed by atoms with Crippen LogP contribution in [0.4, 0.5) is 0 Å². The van der Waals surface area contributed by atoms with Gasteiger partial charge in [-0.25, -0.2) is 0 Å². The van der Waals surface area contributed by atoms with Gasteiger partial charge in [0.05, 0.1) is 6.10 Å². The molecule has 0 aliphatic carbocycles. The minimum Gasteiger partial charge on any atom is -0.396 e. The van der Waals surface area contributed by atoms with Crippen molar-refractivity contribution in [2.45, 2.75) is 25.9 Å². The molecule has 1 atom stereocenters. The Bertz CT molecular complexity index is 68.6. The minimum absolute atomic E-state index is 0.204. The Kier molecular flexibility index (Phi) is 6.91. The number of aliphatic hydroxyl groups is 1. The van der Waals surface area contributed by atoms with Crippen molar-refractivity contribution in [3.8, 4) is 0 Å². The lowest BCUT2D eigenvalue weighted by Gasteiger charge is -2.10. The zero-order chi connectivity index (χ0) is 7.82. The first-order valence-electron chi connectivity index (χ1n) is 3.73. The van der Waals surface area contributed by atoms with Crippen molar-refractivity contribution in [1.82, 2.24) is 0 Å². The zero-order valence-electron chi connectivity index (χ0n) is 6.55.